The Labute approximate surface area is 275 Å². The van der Waals surface area contributed by atoms with Gasteiger partial charge in [0, 0.05) is 32.6 Å². The van der Waals surface area contributed by atoms with E-state index in [9.17, 15) is 0 Å². The summed E-state index contributed by atoms with van der Waals surface area (Å²) in [5.41, 5.74) is 14.3. The molecule has 0 spiro atoms. The summed E-state index contributed by atoms with van der Waals surface area (Å²) >= 11 is 0. The fourth-order valence-electron chi connectivity index (χ4n) is 7.95. The SMILES string of the molecule is c1ccc(-c2cc(-c3ccccc3)cc(-n3c4ccccc4c4ccc5c(c6cccc7c8nc9ccccc9nc8n5c76)c43)c2)cc1. The van der Waals surface area contributed by atoms with Gasteiger partial charge in [0.2, 0.25) is 0 Å². The first kappa shape index (κ1) is 25.6. The van der Waals surface area contributed by atoms with E-state index in [0.717, 1.165) is 38.8 Å². The third kappa shape index (κ3) is 3.43. The maximum Gasteiger partial charge on any atom is 0.165 e. The molecule has 0 saturated carbocycles. The number of fused-ring (bicyclic) bond motifs is 11. The zero-order valence-corrected chi connectivity index (χ0v) is 25.8. The number of aromatic nitrogens is 4. The standard InChI is InChI=1S/C44H26N4/c1-3-12-27(13-4-1)29-24-30(28-14-5-2-6-15-28)26-31(25-29)47-38-21-10-7-16-32(38)33-22-23-39-40(43(33)47)34-17-11-18-35-41-44(48(39)42(34)35)46-37-20-9-8-19-36(37)45-41/h1-26H. The van der Waals surface area contributed by atoms with Crippen molar-refractivity contribution in [3.05, 3.63) is 158 Å². The quantitative estimate of drug-likeness (QED) is 0.199. The smallest absolute Gasteiger partial charge is 0.165 e. The van der Waals surface area contributed by atoms with Crippen LogP contribution in [-0.4, -0.2) is 18.9 Å². The monoisotopic (exact) mass is 610 g/mol. The molecule has 11 aromatic rings. The molecule has 0 bridgehead atoms. The molecule has 0 aliphatic rings. The molecule has 4 heterocycles. The largest absolute Gasteiger partial charge is 0.308 e. The van der Waals surface area contributed by atoms with Gasteiger partial charge in [-0.05, 0) is 64.7 Å². The maximum atomic E-state index is 5.21. The molecule has 0 atom stereocenters. The highest BCUT2D eigenvalue weighted by atomic mass is 15.0. The van der Waals surface area contributed by atoms with Gasteiger partial charge in [0.25, 0.3) is 0 Å². The van der Waals surface area contributed by atoms with Crippen LogP contribution in [0.4, 0.5) is 0 Å². The Morgan fingerprint density at radius 1 is 0.396 bits per heavy atom. The maximum absolute atomic E-state index is 5.21. The molecule has 0 amide bonds. The molecule has 4 aromatic heterocycles. The molecule has 0 unspecified atom stereocenters. The molecule has 0 radical (unpaired) electrons. The van der Waals surface area contributed by atoms with E-state index in [0.29, 0.717) is 0 Å². The average Bonchev–Trinajstić information content (AvgIpc) is 3.79. The van der Waals surface area contributed by atoms with Crippen molar-refractivity contribution in [1.29, 1.82) is 0 Å². The Hall–Kier alpha value is -6.52. The van der Waals surface area contributed by atoms with Crippen LogP contribution in [0.15, 0.2) is 158 Å². The number of para-hydroxylation sites is 4. The van der Waals surface area contributed by atoms with Gasteiger partial charge in [0.05, 0.1) is 33.1 Å². The van der Waals surface area contributed by atoms with Gasteiger partial charge in [-0.3, -0.25) is 4.40 Å². The molecule has 4 nitrogen and oxygen atoms in total. The molecule has 0 aliphatic carbocycles. The molecule has 11 rings (SSSR count). The van der Waals surface area contributed by atoms with Gasteiger partial charge in [-0.2, -0.15) is 0 Å². The van der Waals surface area contributed by atoms with Crippen molar-refractivity contribution in [3.63, 3.8) is 0 Å². The Kier molecular flexibility index (Phi) is 5.08. The molecule has 4 heteroatoms. The van der Waals surface area contributed by atoms with Gasteiger partial charge in [0.1, 0.15) is 5.52 Å². The number of benzene rings is 7. The van der Waals surface area contributed by atoms with E-state index in [1.165, 1.54) is 60.3 Å². The molecule has 222 valence electrons. The van der Waals surface area contributed by atoms with Crippen LogP contribution in [0.5, 0.6) is 0 Å². The fourth-order valence-corrected chi connectivity index (χ4v) is 7.95. The molecule has 48 heavy (non-hydrogen) atoms. The highest BCUT2D eigenvalue weighted by molar-refractivity contribution is 6.30. The normalized spacial score (nSPS) is 12.2. The van der Waals surface area contributed by atoms with Crippen LogP contribution in [-0.2, 0) is 0 Å². The van der Waals surface area contributed by atoms with E-state index in [2.05, 4.69) is 148 Å². The Bertz CT molecular complexity index is 2990. The van der Waals surface area contributed by atoms with E-state index >= 15 is 0 Å². The molecular weight excluding hydrogens is 585 g/mol. The predicted molar refractivity (Wildman–Crippen MR) is 199 cm³/mol. The zero-order valence-electron chi connectivity index (χ0n) is 25.8. The minimum Gasteiger partial charge on any atom is -0.308 e. The Balaban J connectivity index is 1.32. The van der Waals surface area contributed by atoms with Crippen LogP contribution >= 0.6 is 0 Å². The van der Waals surface area contributed by atoms with Gasteiger partial charge in [-0.1, -0.05) is 115 Å². The molecule has 0 fully saturated rings. The summed E-state index contributed by atoms with van der Waals surface area (Å²) in [6.45, 7) is 0. The van der Waals surface area contributed by atoms with Gasteiger partial charge in [-0.25, -0.2) is 9.97 Å². The van der Waals surface area contributed by atoms with E-state index in [4.69, 9.17) is 9.97 Å². The van der Waals surface area contributed by atoms with E-state index < -0.39 is 0 Å². The van der Waals surface area contributed by atoms with Crippen molar-refractivity contribution in [3.8, 4) is 27.9 Å². The summed E-state index contributed by atoms with van der Waals surface area (Å²) in [6, 6.07) is 56.5. The van der Waals surface area contributed by atoms with Crippen molar-refractivity contribution >= 4 is 71.2 Å². The average molecular weight is 611 g/mol. The summed E-state index contributed by atoms with van der Waals surface area (Å²) in [6.07, 6.45) is 0. The Morgan fingerprint density at radius 2 is 1.02 bits per heavy atom. The number of rotatable bonds is 3. The first-order valence-electron chi connectivity index (χ1n) is 16.3. The van der Waals surface area contributed by atoms with Crippen LogP contribution in [0.3, 0.4) is 0 Å². The zero-order chi connectivity index (χ0) is 31.3. The number of nitrogens with zero attached hydrogens (tertiary/aromatic N) is 4. The van der Waals surface area contributed by atoms with Gasteiger partial charge in [-0.15, -0.1) is 0 Å². The number of hydrogen-bond donors (Lipinski definition) is 0. The fraction of sp³-hybridized carbons (Fsp3) is 0. The van der Waals surface area contributed by atoms with Gasteiger partial charge < -0.3 is 4.57 Å². The lowest BCUT2D eigenvalue weighted by Crippen LogP contribution is -1.96. The lowest BCUT2D eigenvalue weighted by molar-refractivity contribution is 1.19. The van der Waals surface area contributed by atoms with Crippen molar-refractivity contribution in [2.75, 3.05) is 0 Å². The summed E-state index contributed by atoms with van der Waals surface area (Å²) < 4.78 is 4.82. The van der Waals surface area contributed by atoms with Crippen molar-refractivity contribution in [1.82, 2.24) is 18.9 Å². The molecule has 7 aromatic carbocycles. The second-order valence-corrected chi connectivity index (χ2v) is 12.6. The van der Waals surface area contributed by atoms with E-state index in [1.54, 1.807) is 0 Å². The summed E-state index contributed by atoms with van der Waals surface area (Å²) in [7, 11) is 0. The van der Waals surface area contributed by atoms with Crippen molar-refractivity contribution in [2.24, 2.45) is 0 Å². The third-order valence-corrected chi connectivity index (χ3v) is 9.99. The third-order valence-electron chi connectivity index (χ3n) is 9.99. The first-order valence-corrected chi connectivity index (χ1v) is 16.3. The first-order chi connectivity index (χ1) is 23.8. The highest BCUT2D eigenvalue weighted by Gasteiger charge is 2.24. The summed E-state index contributed by atoms with van der Waals surface area (Å²) in [5, 5.41) is 6.04. The molecule has 0 saturated heterocycles. The van der Waals surface area contributed by atoms with Gasteiger partial charge >= 0.3 is 0 Å². The molecule has 0 N–H and O–H groups in total. The minimum atomic E-state index is 0.898. The lowest BCUT2D eigenvalue weighted by Gasteiger charge is -2.14. The summed E-state index contributed by atoms with van der Waals surface area (Å²) in [4.78, 5) is 10.3. The van der Waals surface area contributed by atoms with Crippen LogP contribution in [0.1, 0.15) is 0 Å². The Morgan fingerprint density at radius 3 is 1.77 bits per heavy atom. The van der Waals surface area contributed by atoms with Crippen LogP contribution in [0, 0.1) is 0 Å². The molecular formula is C44H26N4. The highest BCUT2D eigenvalue weighted by Crippen LogP contribution is 2.45. The van der Waals surface area contributed by atoms with Crippen LogP contribution in [0.25, 0.3) is 99.1 Å². The second-order valence-electron chi connectivity index (χ2n) is 12.6. The van der Waals surface area contributed by atoms with Crippen LogP contribution < -0.4 is 0 Å². The second kappa shape index (κ2) is 9.50. The predicted octanol–water partition coefficient (Wildman–Crippen LogP) is 11.2. The lowest BCUT2D eigenvalue weighted by atomic mass is 9.98. The van der Waals surface area contributed by atoms with Gasteiger partial charge in [0.15, 0.2) is 5.65 Å². The van der Waals surface area contributed by atoms with Crippen molar-refractivity contribution in [2.45, 2.75) is 0 Å². The molecule has 0 aliphatic heterocycles. The topological polar surface area (TPSA) is 35.1 Å². The summed E-state index contributed by atoms with van der Waals surface area (Å²) in [5.74, 6) is 0. The number of hydrogen-bond acceptors (Lipinski definition) is 2. The minimum absolute atomic E-state index is 0.898. The van der Waals surface area contributed by atoms with Crippen molar-refractivity contribution < 1.29 is 0 Å². The van der Waals surface area contributed by atoms with E-state index in [-0.39, 0.29) is 0 Å². The van der Waals surface area contributed by atoms with E-state index in [1.807, 2.05) is 18.2 Å². The van der Waals surface area contributed by atoms with Crippen LogP contribution in [0.2, 0.25) is 0 Å².